The third-order valence-corrected chi connectivity index (χ3v) is 5.62. The van der Waals surface area contributed by atoms with E-state index in [2.05, 4.69) is 31.2 Å². The Kier molecular flexibility index (Phi) is 5.19. The molecule has 6 heteroatoms. The predicted molar refractivity (Wildman–Crippen MR) is 112 cm³/mol. The SMILES string of the molecule is CC(C)(C)n1nc(C(=O)NCc2cccc(C(=O)N3CCCC3)c2)cc1C1CC1. The zero-order valence-electron chi connectivity index (χ0n) is 17.6. The van der Waals surface area contributed by atoms with E-state index in [0.717, 1.165) is 37.2 Å². The number of hydrogen-bond acceptors (Lipinski definition) is 3. The molecule has 2 fully saturated rings. The van der Waals surface area contributed by atoms with Crippen molar-refractivity contribution in [2.45, 2.75) is 64.5 Å². The van der Waals surface area contributed by atoms with E-state index in [9.17, 15) is 9.59 Å². The first kappa shape index (κ1) is 19.7. The normalized spacial score (nSPS) is 16.9. The Bertz CT molecular complexity index is 915. The molecule has 2 heterocycles. The highest BCUT2D eigenvalue weighted by atomic mass is 16.2. The molecule has 2 aromatic rings. The van der Waals surface area contributed by atoms with Crippen molar-refractivity contribution in [2.24, 2.45) is 0 Å². The Balaban J connectivity index is 1.43. The maximum Gasteiger partial charge on any atom is 0.272 e. The van der Waals surface area contributed by atoms with Crippen molar-refractivity contribution in [3.63, 3.8) is 0 Å². The standard InChI is InChI=1S/C23H30N4O2/c1-23(2,3)27-20(17-9-10-17)14-19(25-27)21(28)24-15-16-7-6-8-18(13-16)22(29)26-11-4-5-12-26/h6-8,13-14,17H,4-5,9-12,15H2,1-3H3,(H,24,28). The summed E-state index contributed by atoms with van der Waals surface area (Å²) in [5, 5.41) is 7.56. The Labute approximate surface area is 172 Å². The zero-order chi connectivity index (χ0) is 20.6. The summed E-state index contributed by atoms with van der Waals surface area (Å²) < 4.78 is 1.99. The lowest BCUT2D eigenvalue weighted by Gasteiger charge is -2.22. The van der Waals surface area contributed by atoms with Crippen LogP contribution in [0, 0.1) is 0 Å². The largest absolute Gasteiger partial charge is 0.347 e. The van der Waals surface area contributed by atoms with Gasteiger partial charge in [-0.25, -0.2) is 0 Å². The number of nitrogens with one attached hydrogen (secondary N) is 1. The number of benzene rings is 1. The lowest BCUT2D eigenvalue weighted by atomic mass is 10.1. The third kappa shape index (κ3) is 4.36. The van der Waals surface area contributed by atoms with Crippen molar-refractivity contribution < 1.29 is 9.59 Å². The van der Waals surface area contributed by atoms with Gasteiger partial charge in [0.1, 0.15) is 5.69 Å². The first-order valence-electron chi connectivity index (χ1n) is 10.6. The van der Waals surface area contributed by atoms with Crippen LogP contribution in [0.3, 0.4) is 0 Å². The number of aromatic nitrogens is 2. The molecule has 6 nitrogen and oxygen atoms in total. The van der Waals surface area contributed by atoms with Crippen molar-refractivity contribution in [1.29, 1.82) is 0 Å². The fourth-order valence-electron chi connectivity index (χ4n) is 3.90. The second kappa shape index (κ2) is 7.65. The van der Waals surface area contributed by atoms with Gasteiger partial charge in [-0.1, -0.05) is 12.1 Å². The molecule has 0 unspecified atom stereocenters. The topological polar surface area (TPSA) is 67.2 Å². The highest BCUT2D eigenvalue weighted by molar-refractivity contribution is 5.95. The van der Waals surface area contributed by atoms with Gasteiger partial charge in [-0.2, -0.15) is 5.10 Å². The van der Waals surface area contributed by atoms with Crippen LogP contribution in [0.2, 0.25) is 0 Å². The molecular formula is C23H30N4O2. The van der Waals surface area contributed by atoms with Gasteiger partial charge < -0.3 is 10.2 Å². The van der Waals surface area contributed by atoms with E-state index in [1.165, 1.54) is 12.8 Å². The Hall–Kier alpha value is -2.63. The smallest absolute Gasteiger partial charge is 0.272 e. The van der Waals surface area contributed by atoms with E-state index >= 15 is 0 Å². The lowest BCUT2D eigenvalue weighted by molar-refractivity contribution is 0.0792. The molecule has 2 amide bonds. The monoisotopic (exact) mass is 394 g/mol. The van der Waals surface area contributed by atoms with Crippen LogP contribution in [-0.2, 0) is 12.1 Å². The number of rotatable bonds is 5. The van der Waals surface area contributed by atoms with Gasteiger partial charge in [0.15, 0.2) is 0 Å². The van der Waals surface area contributed by atoms with Gasteiger partial charge in [0, 0.05) is 36.8 Å². The van der Waals surface area contributed by atoms with E-state index < -0.39 is 0 Å². The summed E-state index contributed by atoms with van der Waals surface area (Å²) in [6.07, 6.45) is 4.48. The molecule has 1 saturated carbocycles. The number of hydrogen-bond donors (Lipinski definition) is 1. The van der Waals surface area contributed by atoms with Gasteiger partial charge >= 0.3 is 0 Å². The van der Waals surface area contributed by atoms with E-state index in [1.54, 1.807) is 0 Å². The average Bonchev–Trinajstić information content (AvgIpc) is 3.20. The fourth-order valence-corrected chi connectivity index (χ4v) is 3.90. The summed E-state index contributed by atoms with van der Waals surface area (Å²) in [6.45, 7) is 8.36. The summed E-state index contributed by atoms with van der Waals surface area (Å²) in [7, 11) is 0. The molecule has 29 heavy (non-hydrogen) atoms. The highest BCUT2D eigenvalue weighted by Crippen LogP contribution is 2.41. The highest BCUT2D eigenvalue weighted by Gasteiger charge is 2.32. The van der Waals surface area contributed by atoms with Gasteiger partial charge in [-0.05, 0) is 70.2 Å². The minimum Gasteiger partial charge on any atom is -0.347 e. The summed E-state index contributed by atoms with van der Waals surface area (Å²) in [6, 6.07) is 9.48. The first-order valence-corrected chi connectivity index (χ1v) is 10.6. The average molecular weight is 395 g/mol. The number of amides is 2. The summed E-state index contributed by atoms with van der Waals surface area (Å²) in [5.74, 6) is 0.427. The third-order valence-electron chi connectivity index (χ3n) is 5.62. The maximum absolute atomic E-state index is 12.7. The first-order chi connectivity index (χ1) is 13.8. The minimum atomic E-state index is -0.175. The molecule has 0 radical (unpaired) electrons. The molecule has 0 bridgehead atoms. The van der Waals surface area contributed by atoms with Crippen LogP contribution < -0.4 is 5.32 Å². The summed E-state index contributed by atoms with van der Waals surface area (Å²) >= 11 is 0. The molecule has 4 rings (SSSR count). The van der Waals surface area contributed by atoms with Crippen LogP contribution in [0.1, 0.15) is 84.5 Å². The molecule has 2 aliphatic rings. The summed E-state index contributed by atoms with van der Waals surface area (Å²) in [5.41, 5.74) is 3.07. The maximum atomic E-state index is 12.7. The van der Waals surface area contributed by atoms with Crippen molar-refractivity contribution in [3.05, 3.63) is 52.8 Å². The number of likely N-dealkylation sites (tertiary alicyclic amines) is 1. The van der Waals surface area contributed by atoms with Crippen LogP contribution in [-0.4, -0.2) is 39.6 Å². The van der Waals surface area contributed by atoms with Gasteiger partial charge in [0.05, 0.1) is 5.54 Å². The van der Waals surface area contributed by atoms with Crippen molar-refractivity contribution in [1.82, 2.24) is 20.0 Å². The number of carbonyl (C=O) groups is 2. The van der Waals surface area contributed by atoms with Crippen molar-refractivity contribution >= 4 is 11.8 Å². The molecular weight excluding hydrogens is 364 g/mol. The van der Waals surface area contributed by atoms with E-state index in [1.807, 2.05) is 39.9 Å². The Morgan fingerprint density at radius 3 is 2.52 bits per heavy atom. The molecule has 1 aliphatic carbocycles. The molecule has 1 aliphatic heterocycles. The lowest BCUT2D eigenvalue weighted by Crippen LogP contribution is -2.28. The van der Waals surface area contributed by atoms with Crippen molar-refractivity contribution in [2.75, 3.05) is 13.1 Å². The summed E-state index contributed by atoms with van der Waals surface area (Å²) in [4.78, 5) is 27.2. The van der Waals surface area contributed by atoms with E-state index in [0.29, 0.717) is 23.7 Å². The molecule has 1 aromatic heterocycles. The number of nitrogens with zero attached hydrogens (tertiary/aromatic N) is 3. The predicted octanol–water partition coefficient (Wildman–Crippen LogP) is 3.68. The van der Waals surface area contributed by atoms with Crippen LogP contribution in [0.15, 0.2) is 30.3 Å². The van der Waals surface area contributed by atoms with Crippen LogP contribution in [0.5, 0.6) is 0 Å². The molecule has 1 N–H and O–H groups in total. The van der Waals surface area contributed by atoms with Crippen LogP contribution >= 0.6 is 0 Å². The Morgan fingerprint density at radius 1 is 1.14 bits per heavy atom. The second-order valence-corrected chi connectivity index (χ2v) is 9.19. The quantitative estimate of drug-likeness (QED) is 0.841. The molecule has 154 valence electrons. The van der Waals surface area contributed by atoms with Gasteiger partial charge in [0.25, 0.3) is 11.8 Å². The molecule has 0 spiro atoms. The van der Waals surface area contributed by atoms with Gasteiger partial charge in [-0.15, -0.1) is 0 Å². The van der Waals surface area contributed by atoms with E-state index in [4.69, 9.17) is 0 Å². The number of carbonyl (C=O) groups excluding carboxylic acids is 2. The molecule has 1 aromatic carbocycles. The van der Waals surface area contributed by atoms with Crippen LogP contribution in [0.4, 0.5) is 0 Å². The molecule has 0 atom stereocenters. The molecule has 1 saturated heterocycles. The van der Waals surface area contributed by atoms with Crippen LogP contribution in [0.25, 0.3) is 0 Å². The second-order valence-electron chi connectivity index (χ2n) is 9.19. The zero-order valence-corrected chi connectivity index (χ0v) is 17.6. The van der Waals surface area contributed by atoms with E-state index in [-0.39, 0.29) is 17.4 Å². The van der Waals surface area contributed by atoms with Gasteiger partial charge in [-0.3, -0.25) is 14.3 Å². The minimum absolute atomic E-state index is 0.0775. The van der Waals surface area contributed by atoms with Crippen molar-refractivity contribution in [3.8, 4) is 0 Å². The van der Waals surface area contributed by atoms with Gasteiger partial charge in [0.2, 0.25) is 0 Å². The fraction of sp³-hybridized carbons (Fsp3) is 0.522. The Morgan fingerprint density at radius 2 is 1.86 bits per heavy atom.